The van der Waals surface area contributed by atoms with Crippen LogP contribution in [0.25, 0.3) is 0 Å². The van der Waals surface area contributed by atoms with Crippen LogP contribution in [-0.2, 0) is 9.59 Å². The van der Waals surface area contributed by atoms with E-state index < -0.39 is 5.25 Å². The number of nitrogens with zero attached hydrogens (tertiary/aromatic N) is 1. The molecule has 2 aliphatic heterocycles. The molecular weight excluding hydrogens is 415 g/mol. The van der Waals surface area contributed by atoms with E-state index >= 15 is 0 Å². The van der Waals surface area contributed by atoms with Crippen molar-refractivity contribution in [1.29, 1.82) is 0 Å². The lowest BCUT2D eigenvalue weighted by molar-refractivity contribution is -0.131. The van der Waals surface area contributed by atoms with Gasteiger partial charge in [-0.1, -0.05) is 24.3 Å². The van der Waals surface area contributed by atoms with Gasteiger partial charge in [0.2, 0.25) is 11.8 Å². The van der Waals surface area contributed by atoms with Crippen molar-refractivity contribution in [2.45, 2.75) is 47.9 Å². The van der Waals surface area contributed by atoms with Crippen molar-refractivity contribution in [1.82, 2.24) is 15.8 Å². The van der Waals surface area contributed by atoms with Crippen LogP contribution in [0.4, 0.5) is 10.1 Å². The summed E-state index contributed by atoms with van der Waals surface area (Å²) in [5.41, 5.74) is 8.45. The molecule has 2 aromatic carbocycles. The summed E-state index contributed by atoms with van der Waals surface area (Å²) in [6.07, 6.45) is 2.90. The van der Waals surface area contributed by atoms with E-state index in [0.29, 0.717) is 12.6 Å². The summed E-state index contributed by atoms with van der Waals surface area (Å²) in [5.74, 6) is -0.362. The Morgan fingerprint density at radius 3 is 2.74 bits per heavy atom. The van der Waals surface area contributed by atoms with Crippen molar-refractivity contribution in [3.05, 3.63) is 59.9 Å². The maximum absolute atomic E-state index is 13.1. The summed E-state index contributed by atoms with van der Waals surface area (Å²) in [7, 11) is 1.79. The van der Waals surface area contributed by atoms with Gasteiger partial charge in [0.05, 0.1) is 10.9 Å². The van der Waals surface area contributed by atoms with Crippen LogP contribution in [0.1, 0.15) is 37.3 Å². The predicted molar refractivity (Wildman–Crippen MR) is 120 cm³/mol. The topological polar surface area (TPSA) is 73.5 Å². The van der Waals surface area contributed by atoms with Crippen LogP contribution in [0.5, 0.6) is 0 Å². The molecule has 0 spiro atoms. The van der Waals surface area contributed by atoms with Gasteiger partial charge < -0.3 is 10.2 Å². The summed E-state index contributed by atoms with van der Waals surface area (Å²) >= 11 is 1.45. The fourth-order valence-electron chi connectivity index (χ4n) is 3.97. The van der Waals surface area contributed by atoms with Gasteiger partial charge >= 0.3 is 0 Å². The molecule has 3 N–H and O–H groups in total. The first-order valence-corrected chi connectivity index (χ1v) is 11.4. The van der Waals surface area contributed by atoms with Crippen LogP contribution < -0.4 is 16.2 Å². The first-order chi connectivity index (χ1) is 15.0. The Hall–Kier alpha value is -2.42. The highest BCUT2D eigenvalue weighted by molar-refractivity contribution is 8.01. The summed E-state index contributed by atoms with van der Waals surface area (Å²) in [6.45, 7) is 0.647. The van der Waals surface area contributed by atoms with E-state index in [0.717, 1.165) is 35.4 Å². The monoisotopic (exact) mass is 442 g/mol. The zero-order valence-corrected chi connectivity index (χ0v) is 18.3. The molecule has 6 nitrogen and oxygen atoms in total. The average molecular weight is 443 g/mol. The minimum atomic E-state index is -0.401. The first-order valence-electron chi connectivity index (χ1n) is 10.6. The third kappa shape index (κ3) is 5.44. The van der Waals surface area contributed by atoms with E-state index in [4.69, 9.17) is 0 Å². The van der Waals surface area contributed by atoms with Crippen molar-refractivity contribution < 1.29 is 14.0 Å². The van der Waals surface area contributed by atoms with E-state index in [-0.39, 0.29) is 30.1 Å². The molecule has 2 aromatic rings. The minimum Gasteiger partial charge on any atom is -0.346 e. The fraction of sp³-hybridized carbons (Fsp3) is 0.391. The number of thioether (sulfide) groups is 1. The summed E-state index contributed by atoms with van der Waals surface area (Å²) in [5, 5.41) is 2.49. The number of carbonyl (C=O) groups is 2. The number of halogens is 1. The van der Waals surface area contributed by atoms with Crippen molar-refractivity contribution >= 4 is 29.3 Å². The van der Waals surface area contributed by atoms with Gasteiger partial charge in [0.1, 0.15) is 5.82 Å². The highest BCUT2D eigenvalue weighted by Gasteiger charge is 2.30. The number of para-hydroxylation sites is 1. The lowest BCUT2D eigenvalue weighted by Gasteiger charge is -2.25. The molecule has 0 saturated carbocycles. The summed E-state index contributed by atoms with van der Waals surface area (Å²) in [4.78, 5) is 27.7. The maximum atomic E-state index is 13.1. The number of hydrogen-bond acceptors (Lipinski definition) is 5. The van der Waals surface area contributed by atoms with Crippen molar-refractivity contribution in [2.24, 2.45) is 0 Å². The molecule has 164 valence electrons. The number of hydrogen-bond donors (Lipinski definition) is 3. The van der Waals surface area contributed by atoms with Crippen molar-refractivity contribution in [3.63, 3.8) is 0 Å². The third-order valence-electron chi connectivity index (χ3n) is 5.79. The van der Waals surface area contributed by atoms with Crippen LogP contribution >= 0.6 is 11.8 Å². The van der Waals surface area contributed by atoms with Crippen LogP contribution in [0.3, 0.4) is 0 Å². The Morgan fingerprint density at radius 2 is 1.94 bits per heavy atom. The number of carbonyl (C=O) groups excluding carboxylic acids is 2. The van der Waals surface area contributed by atoms with Crippen LogP contribution in [-0.4, -0.2) is 41.6 Å². The molecule has 8 heteroatoms. The van der Waals surface area contributed by atoms with E-state index in [1.807, 2.05) is 24.3 Å². The molecule has 0 bridgehead atoms. The molecule has 0 aliphatic carbocycles. The van der Waals surface area contributed by atoms with Gasteiger partial charge in [-0.05, 0) is 49.1 Å². The van der Waals surface area contributed by atoms with E-state index in [9.17, 15) is 14.0 Å². The molecule has 0 radical (unpaired) electrons. The van der Waals surface area contributed by atoms with Crippen molar-refractivity contribution in [2.75, 3.05) is 18.9 Å². The maximum Gasteiger partial charge on any atom is 0.238 e. The Labute approximate surface area is 185 Å². The number of nitrogens with one attached hydrogen (secondary N) is 3. The Kier molecular flexibility index (Phi) is 6.89. The summed E-state index contributed by atoms with van der Waals surface area (Å²) in [6, 6.07) is 14.7. The number of amides is 2. The number of fused-ring (bicyclic) bond motifs is 1. The Bertz CT molecular complexity index is 939. The SMILES string of the molecule is CN(CCCC1CC(c2ccc(F)cc2)NN1)C(=O)CC1Sc2ccccc2NC1=O. The molecule has 1 fully saturated rings. The molecular formula is C23H27FN4O2S. The first kappa shape index (κ1) is 21.8. The van der Waals surface area contributed by atoms with Crippen LogP contribution in [0, 0.1) is 5.82 Å². The molecule has 2 heterocycles. The highest BCUT2D eigenvalue weighted by atomic mass is 32.2. The fourth-order valence-corrected chi connectivity index (χ4v) is 5.07. The molecule has 2 amide bonds. The van der Waals surface area contributed by atoms with Gasteiger partial charge in [-0.3, -0.25) is 20.4 Å². The quantitative estimate of drug-likeness (QED) is 0.612. The van der Waals surface area contributed by atoms with E-state index in [2.05, 4.69) is 16.2 Å². The summed E-state index contributed by atoms with van der Waals surface area (Å²) < 4.78 is 13.1. The normalized spacial score (nSPS) is 22.6. The average Bonchev–Trinajstić information content (AvgIpc) is 3.23. The van der Waals surface area contributed by atoms with Gasteiger partial charge in [0.15, 0.2) is 0 Å². The molecule has 3 unspecified atom stereocenters. The van der Waals surface area contributed by atoms with E-state index in [1.54, 1.807) is 24.1 Å². The molecule has 0 aromatic heterocycles. The molecule has 1 saturated heterocycles. The number of benzene rings is 2. The minimum absolute atomic E-state index is 0.0197. The third-order valence-corrected chi connectivity index (χ3v) is 7.07. The lowest BCUT2D eigenvalue weighted by Crippen LogP contribution is -2.36. The number of anilines is 1. The van der Waals surface area contributed by atoms with Gasteiger partial charge in [0, 0.05) is 37.0 Å². The highest BCUT2D eigenvalue weighted by Crippen LogP contribution is 2.36. The molecule has 4 rings (SSSR count). The zero-order chi connectivity index (χ0) is 21.8. The Morgan fingerprint density at radius 1 is 1.16 bits per heavy atom. The van der Waals surface area contributed by atoms with Gasteiger partial charge in [0.25, 0.3) is 0 Å². The Balaban J connectivity index is 1.20. The van der Waals surface area contributed by atoms with Crippen LogP contribution in [0.15, 0.2) is 53.4 Å². The second-order valence-electron chi connectivity index (χ2n) is 8.08. The second kappa shape index (κ2) is 9.80. The van der Waals surface area contributed by atoms with Gasteiger partial charge in [-0.2, -0.15) is 0 Å². The van der Waals surface area contributed by atoms with Crippen LogP contribution in [0.2, 0.25) is 0 Å². The van der Waals surface area contributed by atoms with Gasteiger partial charge in [-0.25, -0.2) is 4.39 Å². The number of rotatable bonds is 7. The standard InChI is InChI=1S/C23H27FN4O2S/c1-28(22(29)14-21-23(30)25-18-6-2-3-7-20(18)31-21)12-4-5-17-13-19(27-26-17)15-8-10-16(24)11-9-15/h2-3,6-11,17,19,21,26-27H,4-5,12-14H2,1H3,(H,25,30). The lowest BCUT2D eigenvalue weighted by atomic mass is 9.99. The largest absolute Gasteiger partial charge is 0.346 e. The molecule has 3 atom stereocenters. The van der Waals surface area contributed by atoms with Crippen molar-refractivity contribution in [3.8, 4) is 0 Å². The smallest absolute Gasteiger partial charge is 0.238 e. The van der Waals surface area contributed by atoms with Gasteiger partial charge in [-0.15, -0.1) is 11.8 Å². The molecule has 31 heavy (non-hydrogen) atoms. The second-order valence-corrected chi connectivity index (χ2v) is 9.32. The number of hydrazine groups is 1. The molecule has 2 aliphatic rings. The van der Waals surface area contributed by atoms with E-state index in [1.165, 1.54) is 23.9 Å². The zero-order valence-electron chi connectivity index (χ0n) is 17.4. The predicted octanol–water partition coefficient (Wildman–Crippen LogP) is 3.48.